The van der Waals surface area contributed by atoms with E-state index >= 15 is 0 Å². The molecule has 3 heterocycles. The number of amides is 1. The molecular weight excluding hydrogens is 443 g/mol. The van der Waals surface area contributed by atoms with Crippen LogP contribution in [0.5, 0.6) is 0 Å². The van der Waals surface area contributed by atoms with E-state index in [0.29, 0.717) is 17.8 Å². The Bertz CT molecular complexity index is 1270. The highest BCUT2D eigenvalue weighted by Gasteiger charge is 2.29. The van der Waals surface area contributed by atoms with Gasteiger partial charge in [-0.25, -0.2) is 13.9 Å². The molecule has 0 unspecified atom stereocenters. The second-order valence-corrected chi connectivity index (χ2v) is 8.55. The third kappa shape index (κ3) is 4.00. The first-order chi connectivity index (χ1) is 15.3. The van der Waals surface area contributed by atoms with E-state index in [-0.39, 0.29) is 17.3 Å². The second kappa shape index (κ2) is 8.75. The zero-order valence-corrected chi connectivity index (χ0v) is 18.0. The third-order valence-corrected chi connectivity index (χ3v) is 6.41. The maximum atomic E-state index is 14.8. The van der Waals surface area contributed by atoms with E-state index in [2.05, 4.69) is 5.10 Å². The van der Waals surface area contributed by atoms with Crippen molar-refractivity contribution >= 4 is 27.9 Å². The Kier molecular flexibility index (Phi) is 6.02. The van der Waals surface area contributed by atoms with Crippen molar-refractivity contribution in [2.24, 2.45) is 5.73 Å². The summed E-state index contributed by atoms with van der Waals surface area (Å²) in [5.74, 6) is -0.686. The molecule has 11 heteroatoms. The number of rotatable bonds is 6. The van der Waals surface area contributed by atoms with E-state index in [0.717, 1.165) is 43.7 Å². The quantitative estimate of drug-likeness (QED) is 0.608. The first-order valence-electron chi connectivity index (χ1n) is 9.85. The number of anilines is 2. The standard InChI is InChI=1S/C21H20F3N5O2S/c1-12-3-2-4-13-5-6-17(30)29(19(12)13)18-7-15(22)16(32-18)10-27-11-26-28(21(27)31)9-14(8-25)20(23)24/h2-4,7,11H,5-6,8-10,25H2,1H3. The molecule has 1 amide bonds. The highest BCUT2D eigenvalue weighted by atomic mass is 32.1. The lowest BCUT2D eigenvalue weighted by molar-refractivity contribution is -0.118. The number of hydrogen-bond acceptors (Lipinski definition) is 5. The highest BCUT2D eigenvalue weighted by molar-refractivity contribution is 7.16. The third-order valence-electron chi connectivity index (χ3n) is 5.33. The lowest BCUT2D eigenvalue weighted by Gasteiger charge is -2.29. The predicted octanol–water partition coefficient (Wildman–Crippen LogP) is 3.32. The van der Waals surface area contributed by atoms with E-state index in [1.165, 1.54) is 11.0 Å². The van der Waals surface area contributed by atoms with Crippen molar-refractivity contribution in [3.8, 4) is 0 Å². The van der Waals surface area contributed by atoms with Gasteiger partial charge >= 0.3 is 5.69 Å². The van der Waals surface area contributed by atoms with Gasteiger partial charge in [-0.05, 0) is 24.5 Å². The minimum atomic E-state index is -1.95. The Morgan fingerprint density at radius 3 is 2.75 bits per heavy atom. The fourth-order valence-corrected chi connectivity index (χ4v) is 4.75. The van der Waals surface area contributed by atoms with Crippen LogP contribution >= 0.6 is 11.3 Å². The molecule has 0 aliphatic carbocycles. The predicted molar refractivity (Wildman–Crippen MR) is 115 cm³/mol. The van der Waals surface area contributed by atoms with E-state index in [9.17, 15) is 22.8 Å². The average Bonchev–Trinajstić information content (AvgIpc) is 3.29. The van der Waals surface area contributed by atoms with Crippen LogP contribution in [0.1, 0.15) is 22.4 Å². The maximum Gasteiger partial charge on any atom is 0.346 e. The molecule has 0 bridgehead atoms. The molecule has 0 atom stereocenters. The Morgan fingerprint density at radius 2 is 2.03 bits per heavy atom. The number of nitrogens with two attached hydrogens (primary N) is 1. The van der Waals surface area contributed by atoms with Crippen molar-refractivity contribution in [2.45, 2.75) is 32.9 Å². The molecule has 4 rings (SSSR count). The first-order valence-corrected chi connectivity index (χ1v) is 10.7. The van der Waals surface area contributed by atoms with Gasteiger partial charge in [0.25, 0.3) is 6.08 Å². The summed E-state index contributed by atoms with van der Waals surface area (Å²) < 4.78 is 42.4. The van der Waals surface area contributed by atoms with Gasteiger partial charge in [0, 0.05) is 24.6 Å². The van der Waals surface area contributed by atoms with Crippen molar-refractivity contribution in [3.05, 3.63) is 74.6 Å². The molecule has 0 saturated carbocycles. The minimum Gasteiger partial charge on any atom is -0.327 e. The highest BCUT2D eigenvalue weighted by Crippen LogP contribution is 2.41. The van der Waals surface area contributed by atoms with Gasteiger partial charge in [-0.15, -0.1) is 11.3 Å². The Morgan fingerprint density at radius 1 is 1.25 bits per heavy atom. The van der Waals surface area contributed by atoms with Crippen LogP contribution in [0.4, 0.5) is 23.9 Å². The summed E-state index contributed by atoms with van der Waals surface area (Å²) in [7, 11) is 0. The zero-order valence-electron chi connectivity index (χ0n) is 17.1. The maximum absolute atomic E-state index is 14.8. The lowest BCUT2D eigenvalue weighted by atomic mass is 9.98. The minimum absolute atomic E-state index is 0.126. The molecule has 1 aliphatic heterocycles. The summed E-state index contributed by atoms with van der Waals surface area (Å²) in [5.41, 5.74) is 6.90. The largest absolute Gasteiger partial charge is 0.346 e. The van der Waals surface area contributed by atoms with E-state index < -0.39 is 36.3 Å². The fraction of sp³-hybridized carbons (Fsp3) is 0.286. The number of nitrogens with zero attached hydrogens (tertiary/aromatic N) is 4. The molecule has 168 valence electrons. The number of benzene rings is 1. The summed E-state index contributed by atoms with van der Waals surface area (Å²) in [5, 5.41) is 4.25. The number of para-hydroxylation sites is 1. The van der Waals surface area contributed by atoms with Gasteiger partial charge in [0.1, 0.15) is 17.1 Å². The SMILES string of the molecule is Cc1cccc2c1N(c1cc(F)c(Cn3cnn(CC(CN)=C(F)F)c3=O)s1)C(=O)CC2. The molecule has 2 N–H and O–H groups in total. The summed E-state index contributed by atoms with van der Waals surface area (Å²) in [4.78, 5) is 26.9. The topological polar surface area (TPSA) is 86.2 Å². The van der Waals surface area contributed by atoms with Gasteiger partial charge in [0.15, 0.2) is 0 Å². The molecule has 0 spiro atoms. The Balaban J connectivity index is 1.64. The summed E-state index contributed by atoms with van der Waals surface area (Å²) >= 11 is 1.06. The normalized spacial score (nSPS) is 13.4. The van der Waals surface area contributed by atoms with Gasteiger partial charge in [-0.2, -0.15) is 13.9 Å². The van der Waals surface area contributed by atoms with Crippen LogP contribution in [0.3, 0.4) is 0 Å². The number of hydrogen-bond donors (Lipinski definition) is 1. The number of fused-ring (bicyclic) bond motifs is 1. The van der Waals surface area contributed by atoms with E-state index in [1.807, 2.05) is 25.1 Å². The monoisotopic (exact) mass is 463 g/mol. The van der Waals surface area contributed by atoms with Crippen molar-refractivity contribution in [3.63, 3.8) is 0 Å². The van der Waals surface area contributed by atoms with Gasteiger partial charge in [0.2, 0.25) is 5.91 Å². The van der Waals surface area contributed by atoms with Gasteiger partial charge < -0.3 is 5.73 Å². The lowest BCUT2D eigenvalue weighted by Crippen LogP contribution is -2.30. The first kappa shape index (κ1) is 22.0. The molecule has 1 aromatic carbocycles. The zero-order chi connectivity index (χ0) is 23.0. The van der Waals surface area contributed by atoms with Crippen LogP contribution in [0, 0.1) is 12.7 Å². The van der Waals surface area contributed by atoms with Crippen molar-refractivity contribution in [1.29, 1.82) is 0 Å². The molecule has 0 saturated heterocycles. The summed E-state index contributed by atoms with van der Waals surface area (Å²) in [6.07, 6.45) is 0.154. The van der Waals surface area contributed by atoms with Crippen LogP contribution in [-0.2, 0) is 24.3 Å². The molecule has 3 aromatic rings. The molecule has 0 radical (unpaired) electrons. The van der Waals surface area contributed by atoms with Crippen LogP contribution in [0.15, 0.2) is 47.0 Å². The molecule has 32 heavy (non-hydrogen) atoms. The van der Waals surface area contributed by atoms with E-state index in [1.54, 1.807) is 0 Å². The van der Waals surface area contributed by atoms with Gasteiger partial charge in [0.05, 0.1) is 23.7 Å². The summed E-state index contributed by atoms with van der Waals surface area (Å²) in [6, 6.07) is 7.05. The van der Waals surface area contributed by atoms with Gasteiger partial charge in [-0.3, -0.25) is 14.3 Å². The van der Waals surface area contributed by atoms with Crippen LogP contribution in [0.2, 0.25) is 0 Å². The van der Waals surface area contributed by atoms with Crippen molar-refractivity contribution in [1.82, 2.24) is 14.3 Å². The van der Waals surface area contributed by atoms with Gasteiger partial charge in [-0.1, -0.05) is 18.2 Å². The Hall–Kier alpha value is -3.18. The van der Waals surface area contributed by atoms with Crippen LogP contribution < -0.4 is 16.3 Å². The number of halogens is 3. The molecule has 7 nitrogen and oxygen atoms in total. The smallest absolute Gasteiger partial charge is 0.327 e. The van der Waals surface area contributed by atoms with Crippen molar-refractivity contribution in [2.75, 3.05) is 11.4 Å². The number of carbonyl (C=O) groups is 1. The average molecular weight is 463 g/mol. The molecular formula is C21H20F3N5O2S. The molecule has 2 aromatic heterocycles. The van der Waals surface area contributed by atoms with Crippen LogP contribution in [-0.4, -0.2) is 26.8 Å². The molecule has 0 fully saturated rings. The van der Waals surface area contributed by atoms with E-state index in [4.69, 9.17) is 5.73 Å². The van der Waals surface area contributed by atoms with Crippen molar-refractivity contribution < 1.29 is 18.0 Å². The summed E-state index contributed by atoms with van der Waals surface area (Å²) in [6.45, 7) is 0.905. The number of carbonyl (C=O) groups excluding carboxylic acids is 1. The fourth-order valence-electron chi connectivity index (χ4n) is 3.69. The number of aromatic nitrogens is 3. The Labute approximate surface area is 185 Å². The van der Waals surface area contributed by atoms with Crippen LogP contribution in [0.25, 0.3) is 0 Å². The number of thiophene rings is 1. The number of aryl methyl sites for hydroxylation is 2. The second-order valence-electron chi connectivity index (χ2n) is 7.43. The molecule has 1 aliphatic rings.